The van der Waals surface area contributed by atoms with Gasteiger partial charge in [-0.05, 0) is 37.6 Å². The van der Waals surface area contributed by atoms with Gasteiger partial charge in [-0.25, -0.2) is 4.68 Å². The smallest absolute Gasteiger partial charge is 0.119 e. The summed E-state index contributed by atoms with van der Waals surface area (Å²) in [6, 6.07) is 7.53. The zero-order valence-corrected chi connectivity index (χ0v) is 12.5. The Labute approximate surface area is 124 Å². The summed E-state index contributed by atoms with van der Waals surface area (Å²) in [4.78, 5) is 0. The van der Waals surface area contributed by atoms with Crippen LogP contribution < -0.4 is 15.2 Å². The van der Waals surface area contributed by atoms with Crippen molar-refractivity contribution < 1.29 is 9.47 Å². The first kappa shape index (κ1) is 15.3. The number of hydrogen-bond donors (Lipinski definition) is 1. The van der Waals surface area contributed by atoms with Crippen molar-refractivity contribution in [1.29, 1.82) is 0 Å². The van der Waals surface area contributed by atoms with Crippen molar-refractivity contribution in [1.82, 2.24) is 15.0 Å². The molecule has 0 saturated carbocycles. The van der Waals surface area contributed by atoms with Crippen molar-refractivity contribution >= 4 is 0 Å². The summed E-state index contributed by atoms with van der Waals surface area (Å²) in [5.41, 5.74) is 6.73. The summed E-state index contributed by atoms with van der Waals surface area (Å²) in [6.45, 7) is 5.81. The van der Waals surface area contributed by atoms with Crippen molar-refractivity contribution in [3.05, 3.63) is 36.2 Å². The van der Waals surface area contributed by atoms with E-state index in [1.54, 1.807) is 4.68 Å². The Bertz CT molecular complexity index is 539. The summed E-state index contributed by atoms with van der Waals surface area (Å²) in [7, 11) is 0. The first-order valence-corrected chi connectivity index (χ1v) is 7.24. The van der Waals surface area contributed by atoms with Gasteiger partial charge < -0.3 is 15.2 Å². The van der Waals surface area contributed by atoms with Gasteiger partial charge in [0.25, 0.3) is 0 Å². The Balaban J connectivity index is 1.79. The minimum atomic E-state index is -0.0502. The lowest BCUT2D eigenvalue weighted by molar-refractivity contribution is 0.288. The van der Waals surface area contributed by atoms with Crippen LogP contribution in [0, 0.1) is 0 Å². The molecule has 0 amide bonds. The summed E-state index contributed by atoms with van der Waals surface area (Å²) in [5, 5.41) is 8.10. The molecule has 0 aliphatic heterocycles. The van der Waals surface area contributed by atoms with Crippen molar-refractivity contribution in [2.45, 2.75) is 32.9 Å². The van der Waals surface area contributed by atoms with E-state index >= 15 is 0 Å². The zero-order valence-electron chi connectivity index (χ0n) is 12.5. The molecule has 0 spiro atoms. The number of aromatic nitrogens is 3. The van der Waals surface area contributed by atoms with E-state index in [4.69, 9.17) is 15.2 Å². The predicted octanol–water partition coefficient (Wildman–Crippen LogP) is 2.17. The Morgan fingerprint density at radius 3 is 2.43 bits per heavy atom. The Kier molecular flexibility index (Phi) is 5.57. The molecule has 114 valence electrons. The van der Waals surface area contributed by atoms with E-state index in [0.717, 1.165) is 23.6 Å². The van der Waals surface area contributed by atoms with Crippen LogP contribution in [0.4, 0.5) is 0 Å². The monoisotopic (exact) mass is 290 g/mol. The van der Waals surface area contributed by atoms with Crippen LogP contribution in [0.5, 0.6) is 11.5 Å². The zero-order chi connectivity index (χ0) is 15.1. The fourth-order valence-corrected chi connectivity index (χ4v) is 1.86. The third kappa shape index (κ3) is 4.46. The molecule has 2 aromatic rings. The molecule has 6 nitrogen and oxygen atoms in total. The van der Waals surface area contributed by atoms with Gasteiger partial charge in [0.2, 0.25) is 0 Å². The number of nitrogens with two attached hydrogens (primary N) is 1. The molecule has 0 radical (unpaired) electrons. The summed E-state index contributed by atoms with van der Waals surface area (Å²) >= 11 is 0. The number of hydrogen-bond acceptors (Lipinski definition) is 5. The molecular weight excluding hydrogens is 268 g/mol. The minimum Gasteiger partial charge on any atom is -0.494 e. The van der Waals surface area contributed by atoms with E-state index in [0.29, 0.717) is 19.8 Å². The Morgan fingerprint density at radius 1 is 1.14 bits per heavy atom. The summed E-state index contributed by atoms with van der Waals surface area (Å²) in [5.74, 6) is 1.66. The molecule has 1 atom stereocenters. The van der Waals surface area contributed by atoms with Crippen LogP contribution in [0.25, 0.3) is 0 Å². The minimum absolute atomic E-state index is 0.0502. The van der Waals surface area contributed by atoms with Crippen LogP contribution in [0.3, 0.4) is 0 Å². The third-order valence-corrected chi connectivity index (χ3v) is 3.10. The average Bonchev–Trinajstić information content (AvgIpc) is 2.97. The molecule has 1 heterocycles. The van der Waals surface area contributed by atoms with Crippen molar-refractivity contribution in [2.24, 2.45) is 5.73 Å². The average molecular weight is 290 g/mol. The van der Waals surface area contributed by atoms with Crippen LogP contribution in [0.2, 0.25) is 0 Å². The third-order valence-electron chi connectivity index (χ3n) is 3.10. The van der Waals surface area contributed by atoms with Crippen molar-refractivity contribution in [3.63, 3.8) is 0 Å². The Morgan fingerprint density at radius 2 is 1.81 bits per heavy atom. The summed E-state index contributed by atoms with van der Waals surface area (Å²) < 4.78 is 12.8. The molecule has 21 heavy (non-hydrogen) atoms. The lowest BCUT2D eigenvalue weighted by atomic mass is 10.2. The second-order valence-electron chi connectivity index (χ2n) is 4.67. The van der Waals surface area contributed by atoms with Gasteiger partial charge in [0, 0.05) is 0 Å². The highest BCUT2D eigenvalue weighted by atomic mass is 16.5. The van der Waals surface area contributed by atoms with E-state index in [-0.39, 0.29) is 6.04 Å². The normalized spacial score (nSPS) is 12.1. The quantitative estimate of drug-likeness (QED) is 0.806. The summed E-state index contributed by atoms with van der Waals surface area (Å²) in [6.07, 6.45) is 2.72. The molecule has 2 N–H and O–H groups in total. The lowest BCUT2D eigenvalue weighted by Gasteiger charge is -2.07. The predicted molar refractivity (Wildman–Crippen MR) is 80.3 cm³/mol. The van der Waals surface area contributed by atoms with Crippen LogP contribution in [0.1, 0.15) is 32.0 Å². The van der Waals surface area contributed by atoms with Crippen LogP contribution in [0.15, 0.2) is 30.5 Å². The molecule has 6 heteroatoms. The molecule has 0 aliphatic carbocycles. The molecular formula is C15H22N4O2. The lowest BCUT2D eigenvalue weighted by Crippen LogP contribution is -2.10. The largest absolute Gasteiger partial charge is 0.494 e. The van der Waals surface area contributed by atoms with Gasteiger partial charge in [0.1, 0.15) is 18.1 Å². The van der Waals surface area contributed by atoms with E-state index in [2.05, 4.69) is 10.3 Å². The van der Waals surface area contributed by atoms with Gasteiger partial charge >= 0.3 is 0 Å². The van der Waals surface area contributed by atoms with E-state index in [9.17, 15) is 0 Å². The molecule has 2 rings (SSSR count). The van der Waals surface area contributed by atoms with Gasteiger partial charge in [-0.1, -0.05) is 12.1 Å². The molecule has 1 unspecified atom stereocenters. The topological polar surface area (TPSA) is 75.2 Å². The maximum atomic E-state index is 5.91. The van der Waals surface area contributed by atoms with Gasteiger partial charge in [0.05, 0.1) is 31.1 Å². The first-order chi connectivity index (χ1) is 10.2. The fraction of sp³-hybridized carbons (Fsp3) is 0.467. The molecule has 0 aliphatic rings. The Hall–Kier alpha value is -2.08. The number of nitrogens with zero attached hydrogens (tertiary/aromatic N) is 3. The number of ether oxygens (including phenoxy) is 2. The second-order valence-corrected chi connectivity index (χ2v) is 4.67. The number of benzene rings is 1. The maximum absolute atomic E-state index is 5.91. The van der Waals surface area contributed by atoms with Gasteiger partial charge in [-0.2, -0.15) is 0 Å². The van der Waals surface area contributed by atoms with Crippen molar-refractivity contribution in [2.75, 3.05) is 13.2 Å². The van der Waals surface area contributed by atoms with Gasteiger partial charge in [0.15, 0.2) is 0 Å². The highest BCUT2D eigenvalue weighted by Gasteiger charge is 2.08. The molecule has 0 fully saturated rings. The first-order valence-electron chi connectivity index (χ1n) is 7.24. The molecule has 0 bridgehead atoms. The maximum Gasteiger partial charge on any atom is 0.119 e. The second kappa shape index (κ2) is 7.64. The standard InChI is InChI=1S/C15H22N4O2/c1-3-14(16)15-11-19(18-17-15)9-10-21-13-7-5-12(6-8-13)20-4-2/h5-8,11,14H,3-4,9-10,16H2,1-2H3. The van der Waals surface area contributed by atoms with Crippen LogP contribution in [-0.4, -0.2) is 28.2 Å². The molecule has 0 saturated heterocycles. The van der Waals surface area contributed by atoms with Crippen molar-refractivity contribution in [3.8, 4) is 11.5 Å². The molecule has 1 aromatic carbocycles. The highest BCUT2D eigenvalue weighted by Crippen LogP contribution is 2.17. The van der Waals surface area contributed by atoms with Gasteiger partial charge in [-0.15, -0.1) is 5.10 Å². The van der Waals surface area contributed by atoms with E-state index in [1.165, 1.54) is 0 Å². The highest BCUT2D eigenvalue weighted by molar-refractivity contribution is 5.31. The van der Waals surface area contributed by atoms with Crippen LogP contribution >= 0.6 is 0 Å². The number of rotatable bonds is 8. The fourth-order valence-electron chi connectivity index (χ4n) is 1.86. The SMILES string of the molecule is CCOc1ccc(OCCn2cc(C(N)CC)nn2)cc1. The van der Waals surface area contributed by atoms with E-state index in [1.807, 2.05) is 44.3 Å². The van der Waals surface area contributed by atoms with Crippen LogP contribution in [-0.2, 0) is 6.54 Å². The van der Waals surface area contributed by atoms with Gasteiger partial charge in [-0.3, -0.25) is 0 Å². The van der Waals surface area contributed by atoms with E-state index < -0.39 is 0 Å². The molecule has 1 aromatic heterocycles.